The number of alkyl halides is 1. The van der Waals surface area contributed by atoms with Crippen molar-refractivity contribution in [2.24, 2.45) is 11.3 Å². The van der Waals surface area contributed by atoms with Gasteiger partial charge in [-0.1, -0.05) is 25.2 Å². The predicted molar refractivity (Wildman–Crippen MR) is 71.6 cm³/mol. The lowest BCUT2D eigenvalue weighted by Crippen LogP contribution is -2.32. The second-order valence-electron chi connectivity index (χ2n) is 5.07. The summed E-state index contributed by atoms with van der Waals surface area (Å²) in [5.74, 6) is 0.682. The Morgan fingerprint density at radius 3 is 2.65 bits per heavy atom. The molecule has 0 saturated carbocycles. The number of hydrogen-bond acceptors (Lipinski definition) is 4. The van der Waals surface area contributed by atoms with E-state index in [4.69, 9.17) is 11.6 Å². The monoisotopic (exact) mass is 275 g/mol. The van der Waals surface area contributed by atoms with Crippen molar-refractivity contribution >= 4 is 34.0 Å². The van der Waals surface area contributed by atoms with Gasteiger partial charge in [-0.15, -0.1) is 21.8 Å². The van der Waals surface area contributed by atoms with Gasteiger partial charge in [0.2, 0.25) is 11.0 Å². The fourth-order valence-electron chi connectivity index (χ4n) is 1.06. The molecule has 0 aromatic carbocycles. The highest BCUT2D eigenvalue weighted by atomic mass is 35.5. The number of carbonyl (C=O) groups excluding carboxylic acids is 1. The molecule has 0 bridgehead atoms. The van der Waals surface area contributed by atoms with Crippen molar-refractivity contribution in [1.82, 2.24) is 10.2 Å². The molecule has 0 radical (unpaired) electrons. The average Bonchev–Trinajstić information content (AvgIpc) is 2.64. The Morgan fingerprint density at radius 2 is 2.12 bits per heavy atom. The van der Waals surface area contributed by atoms with E-state index in [9.17, 15) is 4.79 Å². The largest absolute Gasteiger partial charge is 0.300 e. The van der Waals surface area contributed by atoms with Gasteiger partial charge in [-0.05, 0) is 19.8 Å². The molecule has 1 rings (SSSR count). The number of halogens is 1. The molecule has 0 spiro atoms. The van der Waals surface area contributed by atoms with Gasteiger partial charge >= 0.3 is 0 Å². The van der Waals surface area contributed by atoms with Crippen LogP contribution in [0.3, 0.4) is 0 Å². The van der Waals surface area contributed by atoms with Crippen LogP contribution in [0.4, 0.5) is 5.13 Å². The number of carbonyl (C=O) groups is 1. The van der Waals surface area contributed by atoms with Crippen molar-refractivity contribution in [2.45, 2.75) is 34.1 Å². The predicted octanol–water partition coefficient (Wildman–Crippen LogP) is 2.94. The first kappa shape index (κ1) is 14.4. The molecule has 0 fully saturated rings. The summed E-state index contributed by atoms with van der Waals surface area (Å²) in [5.41, 5.74) is -0.592. The Hall–Kier alpha value is -0.680. The van der Waals surface area contributed by atoms with Crippen molar-refractivity contribution in [3.05, 3.63) is 5.01 Å². The summed E-state index contributed by atoms with van der Waals surface area (Å²) in [4.78, 5) is 11.8. The second kappa shape index (κ2) is 5.78. The third-order valence-corrected chi connectivity index (χ3v) is 3.75. The lowest BCUT2D eigenvalue weighted by atomic mass is 9.95. The van der Waals surface area contributed by atoms with Gasteiger partial charge < -0.3 is 5.32 Å². The van der Waals surface area contributed by atoms with Crippen LogP contribution in [0.15, 0.2) is 0 Å². The summed E-state index contributed by atoms with van der Waals surface area (Å²) < 4.78 is 0. The summed E-state index contributed by atoms with van der Waals surface area (Å²) in [6.07, 6.45) is 0.881. The van der Waals surface area contributed by atoms with Gasteiger partial charge in [0.1, 0.15) is 5.01 Å². The van der Waals surface area contributed by atoms with Crippen LogP contribution in [0.1, 0.15) is 32.7 Å². The third kappa shape index (κ3) is 4.24. The summed E-state index contributed by atoms with van der Waals surface area (Å²) >= 11 is 7.15. The van der Waals surface area contributed by atoms with Gasteiger partial charge in [-0.25, -0.2) is 0 Å². The van der Waals surface area contributed by atoms with E-state index in [-0.39, 0.29) is 11.8 Å². The maximum atomic E-state index is 11.8. The maximum absolute atomic E-state index is 11.8. The molecule has 1 aromatic heterocycles. The molecule has 1 N–H and O–H groups in total. The second-order valence-corrected chi connectivity index (χ2v) is 6.40. The summed E-state index contributed by atoms with van der Waals surface area (Å²) in [5, 5.41) is 12.2. The highest BCUT2D eigenvalue weighted by Gasteiger charge is 2.27. The van der Waals surface area contributed by atoms with Gasteiger partial charge in [-0.2, -0.15) is 0 Å². The number of hydrogen-bond donors (Lipinski definition) is 1. The zero-order valence-corrected chi connectivity index (χ0v) is 12.2. The van der Waals surface area contributed by atoms with E-state index >= 15 is 0 Å². The first-order valence-electron chi connectivity index (χ1n) is 5.55. The van der Waals surface area contributed by atoms with E-state index in [1.807, 2.05) is 0 Å². The Balaban J connectivity index is 2.64. The number of aromatic nitrogens is 2. The zero-order valence-electron chi connectivity index (χ0n) is 10.6. The van der Waals surface area contributed by atoms with E-state index in [0.29, 0.717) is 11.0 Å². The van der Waals surface area contributed by atoms with Gasteiger partial charge in [0.25, 0.3) is 0 Å². The fourth-order valence-corrected chi connectivity index (χ4v) is 2.13. The molecular formula is C11H18ClN3OS. The summed E-state index contributed by atoms with van der Waals surface area (Å²) in [6, 6.07) is 0. The molecular weight excluding hydrogens is 258 g/mol. The van der Waals surface area contributed by atoms with Crippen LogP contribution < -0.4 is 5.32 Å². The molecule has 0 aliphatic carbocycles. The van der Waals surface area contributed by atoms with Crippen molar-refractivity contribution in [3.63, 3.8) is 0 Å². The van der Waals surface area contributed by atoms with Gasteiger partial charge in [0.15, 0.2) is 0 Å². The first-order valence-corrected chi connectivity index (χ1v) is 6.90. The first-order chi connectivity index (χ1) is 7.85. The van der Waals surface area contributed by atoms with Crippen LogP contribution >= 0.6 is 22.9 Å². The quantitative estimate of drug-likeness (QED) is 0.841. The highest BCUT2D eigenvalue weighted by molar-refractivity contribution is 7.15. The Kier molecular flexibility index (Phi) is 4.89. The number of anilines is 1. The molecule has 1 heterocycles. The van der Waals surface area contributed by atoms with E-state index in [1.165, 1.54) is 11.3 Å². The van der Waals surface area contributed by atoms with Crippen LogP contribution in [0.2, 0.25) is 0 Å². The highest BCUT2D eigenvalue weighted by Crippen LogP contribution is 2.23. The topological polar surface area (TPSA) is 54.9 Å². The van der Waals surface area contributed by atoms with Crippen LogP contribution in [0.25, 0.3) is 0 Å². The van der Waals surface area contributed by atoms with Crippen molar-refractivity contribution in [3.8, 4) is 0 Å². The summed E-state index contributed by atoms with van der Waals surface area (Å²) in [6.45, 7) is 7.84. The number of amides is 1. The van der Waals surface area contributed by atoms with Gasteiger partial charge in [0.05, 0.1) is 5.41 Å². The number of nitrogens with one attached hydrogen (secondary N) is 1. The molecule has 1 amide bonds. The van der Waals surface area contributed by atoms with Gasteiger partial charge in [-0.3, -0.25) is 4.79 Å². The van der Waals surface area contributed by atoms with E-state index in [2.05, 4.69) is 29.4 Å². The maximum Gasteiger partial charge on any atom is 0.233 e. The molecule has 6 heteroatoms. The molecule has 96 valence electrons. The lowest BCUT2D eigenvalue weighted by molar-refractivity contribution is -0.122. The number of rotatable bonds is 5. The minimum atomic E-state index is -0.592. The molecule has 0 unspecified atom stereocenters. The number of nitrogens with zero attached hydrogens (tertiary/aromatic N) is 2. The normalized spacial score (nSPS) is 11.9. The van der Waals surface area contributed by atoms with Crippen LogP contribution in [-0.4, -0.2) is 22.0 Å². The molecule has 17 heavy (non-hydrogen) atoms. The van der Waals surface area contributed by atoms with Crippen molar-refractivity contribution in [1.29, 1.82) is 0 Å². The average molecular weight is 276 g/mol. The smallest absolute Gasteiger partial charge is 0.233 e. The van der Waals surface area contributed by atoms with Crippen LogP contribution in [-0.2, 0) is 11.2 Å². The molecule has 4 nitrogen and oxygen atoms in total. The molecule has 1 aromatic rings. The molecule has 0 aliphatic rings. The molecule has 0 saturated heterocycles. The SMILES string of the molecule is CC(C)Cc1nnc(NC(=O)C(C)(C)CCl)s1. The third-order valence-electron chi connectivity index (χ3n) is 2.22. The fraction of sp³-hybridized carbons (Fsp3) is 0.727. The molecule has 0 atom stereocenters. The van der Waals surface area contributed by atoms with Crippen LogP contribution in [0, 0.1) is 11.3 Å². The standard InChI is InChI=1S/C11H18ClN3OS/c1-7(2)5-8-14-15-10(17-8)13-9(16)11(3,4)6-12/h7H,5-6H2,1-4H3,(H,13,15,16). The Morgan fingerprint density at radius 1 is 1.47 bits per heavy atom. The summed E-state index contributed by atoms with van der Waals surface area (Å²) in [7, 11) is 0. The zero-order chi connectivity index (χ0) is 13.1. The van der Waals surface area contributed by atoms with Crippen molar-refractivity contribution in [2.75, 3.05) is 11.2 Å². The lowest BCUT2D eigenvalue weighted by Gasteiger charge is -2.18. The van der Waals surface area contributed by atoms with E-state index in [1.54, 1.807) is 13.8 Å². The van der Waals surface area contributed by atoms with E-state index in [0.717, 1.165) is 11.4 Å². The van der Waals surface area contributed by atoms with Crippen LogP contribution in [0.5, 0.6) is 0 Å². The van der Waals surface area contributed by atoms with E-state index < -0.39 is 5.41 Å². The Bertz CT molecular complexity index is 390. The minimum absolute atomic E-state index is 0.125. The Labute approximate surface area is 111 Å². The van der Waals surface area contributed by atoms with Crippen molar-refractivity contribution < 1.29 is 4.79 Å². The molecule has 0 aliphatic heterocycles. The minimum Gasteiger partial charge on any atom is -0.300 e. The van der Waals surface area contributed by atoms with Gasteiger partial charge in [0, 0.05) is 12.3 Å².